The van der Waals surface area contributed by atoms with Crippen molar-refractivity contribution in [2.75, 3.05) is 20.6 Å². The van der Waals surface area contributed by atoms with E-state index in [1.54, 1.807) is 12.3 Å². The zero-order valence-corrected chi connectivity index (χ0v) is 9.33. The van der Waals surface area contributed by atoms with Crippen LogP contribution in [-0.4, -0.2) is 39.0 Å². The van der Waals surface area contributed by atoms with E-state index in [1.807, 2.05) is 14.1 Å². The first kappa shape index (κ1) is 13.5. The Hall–Kier alpha value is -1.46. The minimum atomic E-state index is -0.0283. The van der Waals surface area contributed by atoms with Gasteiger partial charge in [-0.05, 0) is 20.3 Å². The highest BCUT2D eigenvalue weighted by atomic mass is 15.2. The standard InChI is InChI=1S/C10H19N5/c1-5-7-14-10(13-6-2)15-9(12-4)8-11-3/h5-7,9,11-12H,1-2,8H2,3-4H3,(H,13,15). The average Bonchev–Trinajstić information content (AvgIpc) is 2.25. The minimum absolute atomic E-state index is 0.0283. The smallest absolute Gasteiger partial charge is 0.223 e. The van der Waals surface area contributed by atoms with Gasteiger partial charge in [0.1, 0.15) is 6.17 Å². The Morgan fingerprint density at radius 3 is 2.60 bits per heavy atom. The van der Waals surface area contributed by atoms with E-state index in [4.69, 9.17) is 0 Å². The van der Waals surface area contributed by atoms with Crippen LogP contribution in [0, 0.1) is 0 Å². The highest BCUT2D eigenvalue weighted by Gasteiger charge is 2.02. The molecule has 0 bridgehead atoms. The number of hydrogen-bond acceptors (Lipinski definition) is 3. The Kier molecular flexibility index (Phi) is 8.22. The molecule has 5 nitrogen and oxygen atoms in total. The van der Waals surface area contributed by atoms with Gasteiger partial charge in [-0.1, -0.05) is 19.2 Å². The van der Waals surface area contributed by atoms with Gasteiger partial charge >= 0.3 is 0 Å². The summed E-state index contributed by atoms with van der Waals surface area (Å²) in [6, 6.07) is 0. The van der Waals surface area contributed by atoms with Crippen LogP contribution < -0.4 is 16.0 Å². The average molecular weight is 209 g/mol. The lowest BCUT2D eigenvalue weighted by Gasteiger charge is -2.11. The van der Waals surface area contributed by atoms with E-state index in [0.29, 0.717) is 5.96 Å². The van der Waals surface area contributed by atoms with Crippen molar-refractivity contribution < 1.29 is 0 Å². The number of likely N-dealkylation sites (N-methyl/N-ethyl adjacent to an activating group) is 2. The van der Waals surface area contributed by atoms with Crippen LogP contribution in [0.5, 0.6) is 0 Å². The molecule has 0 aliphatic heterocycles. The third-order valence-electron chi connectivity index (χ3n) is 1.54. The molecule has 84 valence electrons. The third kappa shape index (κ3) is 6.59. The minimum Gasteiger partial charge on any atom is -0.332 e. The molecular weight excluding hydrogens is 190 g/mol. The summed E-state index contributed by atoms with van der Waals surface area (Å²) in [7, 11) is 3.71. The van der Waals surface area contributed by atoms with E-state index >= 15 is 0 Å². The molecule has 0 amide bonds. The largest absolute Gasteiger partial charge is 0.332 e. The molecule has 0 aromatic heterocycles. The van der Waals surface area contributed by atoms with Crippen LogP contribution in [0.25, 0.3) is 0 Å². The van der Waals surface area contributed by atoms with Crippen LogP contribution in [0.2, 0.25) is 0 Å². The molecule has 0 aromatic carbocycles. The molecule has 0 aromatic rings. The molecule has 0 aliphatic carbocycles. The summed E-state index contributed by atoms with van der Waals surface area (Å²) >= 11 is 0. The van der Waals surface area contributed by atoms with Gasteiger partial charge < -0.3 is 10.6 Å². The van der Waals surface area contributed by atoms with Crippen molar-refractivity contribution in [3.63, 3.8) is 0 Å². The second kappa shape index (κ2) is 9.11. The zero-order chi connectivity index (χ0) is 11.5. The molecule has 0 fully saturated rings. The molecule has 0 heterocycles. The lowest BCUT2D eigenvalue weighted by atomic mass is 10.5. The summed E-state index contributed by atoms with van der Waals surface area (Å²) in [5, 5.41) is 8.91. The lowest BCUT2D eigenvalue weighted by Crippen LogP contribution is -2.35. The maximum Gasteiger partial charge on any atom is 0.223 e. The van der Waals surface area contributed by atoms with E-state index < -0.39 is 0 Å². The summed E-state index contributed by atoms with van der Waals surface area (Å²) in [6.07, 6.45) is 4.67. The van der Waals surface area contributed by atoms with Crippen molar-refractivity contribution in [2.24, 2.45) is 9.98 Å². The maximum absolute atomic E-state index is 4.33. The first-order valence-electron chi connectivity index (χ1n) is 4.70. The third-order valence-corrected chi connectivity index (χ3v) is 1.54. The fourth-order valence-corrected chi connectivity index (χ4v) is 0.876. The lowest BCUT2D eigenvalue weighted by molar-refractivity contribution is 0.551. The molecule has 0 radical (unpaired) electrons. The van der Waals surface area contributed by atoms with Gasteiger partial charge in [0, 0.05) is 12.8 Å². The van der Waals surface area contributed by atoms with Crippen molar-refractivity contribution in [1.82, 2.24) is 16.0 Å². The Balaban J connectivity index is 4.53. The van der Waals surface area contributed by atoms with Crippen LogP contribution in [-0.2, 0) is 0 Å². The van der Waals surface area contributed by atoms with Gasteiger partial charge in [0.25, 0.3) is 0 Å². The molecule has 0 rings (SSSR count). The molecule has 1 unspecified atom stereocenters. The number of nitrogens with zero attached hydrogens (tertiary/aromatic N) is 2. The van der Waals surface area contributed by atoms with Crippen LogP contribution in [0.1, 0.15) is 0 Å². The Bertz CT molecular complexity index is 244. The van der Waals surface area contributed by atoms with Gasteiger partial charge in [-0.15, -0.1) is 0 Å². The predicted molar refractivity (Wildman–Crippen MR) is 66.2 cm³/mol. The number of allylic oxidation sites excluding steroid dienone is 1. The molecule has 0 aliphatic rings. The quantitative estimate of drug-likeness (QED) is 0.429. The van der Waals surface area contributed by atoms with Gasteiger partial charge in [0.15, 0.2) is 0 Å². The Morgan fingerprint density at radius 1 is 1.40 bits per heavy atom. The molecule has 5 heteroatoms. The van der Waals surface area contributed by atoms with Crippen molar-refractivity contribution >= 4 is 12.2 Å². The monoisotopic (exact) mass is 209 g/mol. The molecule has 15 heavy (non-hydrogen) atoms. The van der Waals surface area contributed by atoms with Gasteiger partial charge in [0.05, 0.1) is 0 Å². The first-order chi connectivity index (χ1) is 7.28. The van der Waals surface area contributed by atoms with E-state index in [1.165, 1.54) is 6.20 Å². The molecule has 0 saturated heterocycles. The topological polar surface area (TPSA) is 60.8 Å². The normalized spacial score (nSPS) is 13.9. The molecular formula is C10H19N5. The van der Waals surface area contributed by atoms with Crippen molar-refractivity contribution in [2.45, 2.75) is 6.17 Å². The summed E-state index contributed by atoms with van der Waals surface area (Å²) in [6.45, 7) is 7.83. The summed E-state index contributed by atoms with van der Waals surface area (Å²) in [4.78, 5) is 8.39. The number of aliphatic imine (C=N–C) groups is 2. The summed E-state index contributed by atoms with van der Waals surface area (Å²) < 4.78 is 0. The van der Waals surface area contributed by atoms with E-state index in [-0.39, 0.29) is 6.17 Å². The highest BCUT2D eigenvalue weighted by Crippen LogP contribution is 1.86. The Morgan fingerprint density at radius 2 is 2.13 bits per heavy atom. The second-order valence-electron chi connectivity index (χ2n) is 2.68. The molecule has 0 spiro atoms. The number of hydrogen-bond donors (Lipinski definition) is 3. The second-order valence-corrected chi connectivity index (χ2v) is 2.68. The van der Waals surface area contributed by atoms with E-state index in [9.17, 15) is 0 Å². The van der Waals surface area contributed by atoms with Crippen LogP contribution in [0.15, 0.2) is 35.4 Å². The van der Waals surface area contributed by atoms with Crippen LogP contribution >= 0.6 is 0 Å². The van der Waals surface area contributed by atoms with Crippen molar-refractivity contribution in [3.8, 4) is 0 Å². The van der Waals surface area contributed by atoms with E-state index in [0.717, 1.165) is 6.54 Å². The molecule has 0 saturated carbocycles. The predicted octanol–water partition coefficient (Wildman–Crippen LogP) is 0.0972. The van der Waals surface area contributed by atoms with Gasteiger partial charge in [-0.3, -0.25) is 5.32 Å². The Labute approximate surface area is 91.1 Å². The number of rotatable bonds is 6. The summed E-state index contributed by atoms with van der Waals surface area (Å²) in [5.41, 5.74) is 0. The fourth-order valence-electron chi connectivity index (χ4n) is 0.876. The van der Waals surface area contributed by atoms with Gasteiger partial charge in [0.2, 0.25) is 5.96 Å². The van der Waals surface area contributed by atoms with Gasteiger partial charge in [-0.2, -0.15) is 0 Å². The van der Waals surface area contributed by atoms with Crippen molar-refractivity contribution in [3.05, 3.63) is 25.4 Å². The maximum atomic E-state index is 4.33. The highest BCUT2D eigenvalue weighted by molar-refractivity contribution is 5.91. The fraction of sp³-hybridized carbons (Fsp3) is 0.400. The number of nitrogens with one attached hydrogen (secondary N) is 3. The van der Waals surface area contributed by atoms with Gasteiger partial charge in [-0.25, -0.2) is 9.98 Å². The van der Waals surface area contributed by atoms with Crippen molar-refractivity contribution in [1.29, 1.82) is 0 Å². The zero-order valence-electron chi connectivity index (χ0n) is 9.33. The first-order valence-corrected chi connectivity index (χ1v) is 4.70. The summed E-state index contributed by atoms with van der Waals surface area (Å²) in [5.74, 6) is 0.500. The molecule has 3 N–H and O–H groups in total. The van der Waals surface area contributed by atoms with E-state index in [2.05, 4.69) is 39.1 Å². The van der Waals surface area contributed by atoms with Crippen LogP contribution in [0.4, 0.5) is 0 Å². The molecule has 1 atom stereocenters. The number of guanidine groups is 1. The van der Waals surface area contributed by atoms with Crippen LogP contribution in [0.3, 0.4) is 0 Å². The SMILES string of the molecule is C=CC=NC(=NC(CNC)NC)NC=C.